The van der Waals surface area contributed by atoms with Crippen molar-refractivity contribution in [2.75, 3.05) is 6.61 Å². The lowest BCUT2D eigenvalue weighted by Gasteiger charge is -2.10. The number of aryl methyl sites for hydroxylation is 1. The molecule has 1 aromatic carbocycles. The number of nitrogens with zero attached hydrogens (tertiary/aromatic N) is 1. The van der Waals surface area contributed by atoms with E-state index in [2.05, 4.69) is 41.5 Å². The van der Waals surface area contributed by atoms with Crippen LogP contribution >= 0.6 is 0 Å². The first-order valence-electron chi connectivity index (χ1n) is 7.28. The summed E-state index contributed by atoms with van der Waals surface area (Å²) in [4.78, 5) is 4.51. The Kier molecular flexibility index (Phi) is 4.18. The van der Waals surface area contributed by atoms with Gasteiger partial charge in [0.2, 0.25) is 5.89 Å². The Hall–Kier alpha value is -1.91. The van der Waals surface area contributed by atoms with Gasteiger partial charge >= 0.3 is 0 Å². The van der Waals surface area contributed by atoms with Crippen LogP contribution in [0.1, 0.15) is 17.7 Å². The standard InChI is InChI=1S/C17H20N2O2/c1-12-2-5-14(6-3-12)17-19-16(11-21-17)9-18-15-7-4-13(8-15)10-20/h2-7,11,13,15,18,20H,8-10H2,1H3/t13-,15+/m0/s1. The maximum absolute atomic E-state index is 9.11. The van der Waals surface area contributed by atoms with Crippen molar-refractivity contribution >= 4 is 0 Å². The molecule has 0 radical (unpaired) electrons. The van der Waals surface area contributed by atoms with Crippen LogP contribution in [-0.4, -0.2) is 22.7 Å². The summed E-state index contributed by atoms with van der Waals surface area (Å²) in [7, 11) is 0. The van der Waals surface area contributed by atoms with Gasteiger partial charge in [0.25, 0.3) is 0 Å². The van der Waals surface area contributed by atoms with Crippen molar-refractivity contribution < 1.29 is 9.52 Å². The van der Waals surface area contributed by atoms with Gasteiger partial charge < -0.3 is 14.8 Å². The van der Waals surface area contributed by atoms with Gasteiger partial charge in [-0.25, -0.2) is 4.98 Å². The fourth-order valence-corrected chi connectivity index (χ4v) is 2.51. The zero-order chi connectivity index (χ0) is 14.7. The fourth-order valence-electron chi connectivity index (χ4n) is 2.51. The molecule has 2 atom stereocenters. The second-order valence-electron chi connectivity index (χ2n) is 5.56. The largest absolute Gasteiger partial charge is 0.444 e. The SMILES string of the molecule is Cc1ccc(-c2nc(CN[C@@H]3C=C[C@H](CO)C3)co2)cc1. The molecule has 0 saturated heterocycles. The van der Waals surface area contributed by atoms with Crippen molar-refractivity contribution in [1.82, 2.24) is 10.3 Å². The molecular weight excluding hydrogens is 264 g/mol. The highest BCUT2D eigenvalue weighted by Crippen LogP contribution is 2.20. The van der Waals surface area contributed by atoms with E-state index < -0.39 is 0 Å². The van der Waals surface area contributed by atoms with E-state index >= 15 is 0 Å². The van der Waals surface area contributed by atoms with E-state index in [0.29, 0.717) is 18.5 Å². The van der Waals surface area contributed by atoms with Gasteiger partial charge in [-0.05, 0) is 25.5 Å². The summed E-state index contributed by atoms with van der Waals surface area (Å²) in [5.41, 5.74) is 3.11. The van der Waals surface area contributed by atoms with Gasteiger partial charge in [0, 0.05) is 30.7 Å². The van der Waals surface area contributed by atoms with E-state index in [4.69, 9.17) is 9.52 Å². The minimum absolute atomic E-state index is 0.218. The van der Waals surface area contributed by atoms with Crippen molar-refractivity contribution in [3.8, 4) is 11.5 Å². The molecule has 0 fully saturated rings. The lowest BCUT2D eigenvalue weighted by molar-refractivity contribution is 0.246. The summed E-state index contributed by atoms with van der Waals surface area (Å²) < 4.78 is 5.54. The molecule has 0 aliphatic heterocycles. The lowest BCUT2D eigenvalue weighted by Crippen LogP contribution is -2.26. The quantitative estimate of drug-likeness (QED) is 0.829. The van der Waals surface area contributed by atoms with Crippen LogP contribution in [0.5, 0.6) is 0 Å². The number of benzene rings is 1. The number of aliphatic hydroxyl groups excluding tert-OH is 1. The third-order valence-corrected chi connectivity index (χ3v) is 3.80. The van der Waals surface area contributed by atoms with Crippen molar-refractivity contribution in [3.63, 3.8) is 0 Å². The minimum Gasteiger partial charge on any atom is -0.444 e. The average Bonchev–Trinajstić information content (AvgIpc) is 3.15. The summed E-state index contributed by atoms with van der Waals surface area (Å²) in [5.74, 6) is 0.935. The maximum Gasteiger partial charge on any atom is 0.226 e. The fraction of sp³-hybridized carbons (Fsp3) is 0.353. The summed E-state index contributed by atoms with van der Waals surface area (Å²) >= 11 is 0. The summed E-state index contributed by atoms with van der Waals surface area (Å²) in [5, 5.41) is 12.5. The van der Waals surface area contributed by atoms with E-state index in [9.17, 15) is 0 Å². The first-order chi connectivity index (χ1) is 10.2. The summed E-state index contributed by atoms with van der Waals surface area (Å²) in [6.45, 7) is 2.95. The van der Waals surface area contributed by atoms with Crippen molar-refractivity contribution in [2.24, 2.45) is 5.92 Å². The Bertz CT molecular complexity index is 616. The first kappa shape index (κ1) is 14.0. The van der Waals surface area contributed by atoms with E-state index in [1.165, 1.54) is 5.56 Å². The Morgan fingerprint density at radius 2 is 2.10 bits per heavy atom. The van der Waals surface area contributed by atoms with Gasteiger partial charge in [-0.3, -0.25) is 0 Å². The van der Waals surface area contributed by atoms with Gasteiger partial charge in [0.1, 0.15) is 6.26 Å². The zero-order valence-electron chi connectivity index (χ0n) is 12.1. The molecule has 110 valence electrons. The molecule has 2 N–H and O–H groups in total. The van der Waals surface area contributed by atoms with Crippen LogP contribution in [0.15, 0.2) is 47.1 Å². The van der Waals surface area contributed by atoms with Crippen LogP contribution in [0.2, 0.25) is 0 Å². The predicted molar refractivity (Wildman–Crippen MR) is 81.6 cm³/mol. The lowest BCUT2D eigenvalue weighted by atomic mass is 10.1. The van der Waals surface area contributed by atoms with E-state index in [1.807, 2.05) is 12.1 Å². The van der Waals surface area contributed by atoms with Crippen LogP contribution < -0.4 is 5.32 Å². The third-order valence-electron chi connectivity index (χ3n) is 3.80. The second kappa shape index (κ2) is 6.24. The molecule has 21 heavy (non-hydrogen) atoms. The Morgan fingerprint density at radius 3 is 2.81 bits per heavy atom. The van der Waals surface area contributed by atoms with E-state index in [-0.39, 0.29) is 12.5 Å². The predicted octanol–water partition coefficient (Wildman–Crippen LogP) is 2.68. The second-order valence-corrected chi connectivity index (χ2v) is 5.56. The van der Waals surface area contributed by atoms with Gasteiger partial charge in [-0.2, -0.15) is 0 Å². The summed E-state index contributed by atoms with van der Waals surface area (Å²) in [6, 6.07) is 8.45. The van der Waals surface area contributed by atoms with E-state index in [1.54, 1.807) is 6.26 Å². The average molecular weight is 284 g/mol. The number of rotatable bonds is 5. The topological polar surface area (TPSA) is 58.3 Å². The van der Waals surface area contributed by atoms with Crippen LogP contribution in [0, 0.1) is 12.8 Å². The van der Waals surface area contributed by atoms with E-state index in [0.717, 1.165) is 17.7 Å². The van der Waals surface area contributed by atoms with Crippen molar-refractivity contribution in [1.29, 1.82) is 0 Å². The van der Waals surface area contributed by atoms with Gasteiger partial charge in [-0.15, -0.1) is 0 Å². The monoisotopic (exact) mass is 284 g/mol. The smallest absolute Gasteiger partial charge is 0.226 e. The van der Waals surface area contributed by atoms with Gasteiger partial charge in [0.15, 0.2) is 0 Å². The van der Waals surface area contributed by atoms with Crippen LogP contribution in [-0.2, 0) is 6.54 Å². The highest BCUT2D eigenvalue weighted by Gasteiger charge is 2.17. The zero-order valence-corrected chi connectivity index (χ0v) is 12.1. The highest BCUT2D eigenvalue weighted by molar-refractivity contribution is 5.53. The number of oxazole rings is 1. The molecule has 0 bridgehead atoms. The molecular formula is C17H20N2O2. The molecule has 2 aromatic rings. The number of nitrogens with one attached hydrogen (secondary N) is 1. The molecule has 4 heteroatoms. The van der Waals surface area contributed by atoms with Crippen LogP contribution in [0.4, 0.5) is 0 Å². The van der Waals surface area contributed by atoms with Gasteiger partial charge in [0.05, 0.1) is 5.69 Å². The number of hydrogen-bond donors (Lipinski definition) is 2. The van der Waals surface area contributed by atoms with Gasteiger partial charge in [-0.1, -0.05) is 29.8 Å². The normalized spacial score (nSPS) is 21.0. The first-order valence-corrected chi connectivity index (χ1v) is 7.28. The molecule has 1 heterocycles. The molecule has 0 unspecified atom stereocenters. The Labute approximate surface area is 124 Å². The minimum atomic E-state index is 0.218. The Balaban J connectivity index is 1.58. The molecule has 1 aliphatic rings. The van der Waals surface area contributed by atoms with Crippen molar-refractivity contribution in [3.05, 3.63) is 53.9 Å². The number of aliphatic hydroxyl groups is 1. The molecule has 0 spiro atoms. The molecule has 1 aromatic heterocycles. The maximum atomic E-state index is 9.11. The number of hydrogen-bond acceptors (Lipinski definition) is 4. The van der Waals surface area contributed by atoms with Crippen LogP contribution in [0.3, 0.4) is 0 Å². The molecule has 0 amide bonds. The molecule has 0 saturated carbocycles. The summed E-state index contributed by atoms with van der Waals surface area (Å²) in [6.07, 6.45) is 6.82. The van der Waals surface area contributed by atoms with Crippen molar-refractivity contribution in [2.45, 2.75) is 25.9 Å². The highest BCUT2D eigenvalue weighted by atomic mass is 16.3. The van der Waals surface area contributed by atoms with Crippen LogP contribution in [0.25, 0.3) is 11.5 Å². The molecule has 4 nitrogen and oxygen atoms in total. The molecule has 3 rings (SSSR count). The Morgan fingerprint density at radius 1 is 1.29 bits per heavy atom. The third kappa shape index (κ3) is 3.40. The number of aromatic nitrogens is 1. The molecule has 1 aliphatic carbocycles.